The van der Waals surface area contributed by atoms with Gasteiger partial charge in [-0.3, -0.25) is 4.98 Å². The molecule has 0 aliphatic rings. The molecule has 6 nitrogen and oxygen atoms in total. The zero-order valence-electron chi connectivity index (χ0n) is 16.5. The van der Waals surface area contributed by atoms with E-state index in [-0.39, 0.29) is 11.5 Å². The molecule has 2 aromatic carbocycles. The maximum Gasteiger partial charge on any atom is 0.211 e. The fourth-order valence-electron chi connectivity index (χ4n) is 2.96. The first kappa shape index (κ1) is 19.6. The molecule has 4 aromatic rings. The first-order valence-corrected chi connectivity index (χ1v) is 10.2. The Morgan fingerprint density at radius 2 is 1.87 bits per heavy atom. The van der Waals surface area contributed by atoms with Crippen LogP contribution < -0.4 is 4.80 Å². The second-order valence-electron chi connectivity index (χ2n) is 6.79. The minimum absolute atomic E-state index is 0.000141. The molecular formula is C23H20N4O2S. The smallest absolute Gasteiger partial charge is 0.211 e. The molecular weight excluding hydrogens is 396 g/mol. The van der Waals surface area contributed by atoms with Crippen molar-refractivity contribution in [3.8, 4) is 22.8 Å². The number of rotatable bonds is 4. The van der Waals surface area contributed by atoms with Crippen molar-refractivity contribution in [1.29, 1.82) is 0 Å². The summed E-state index contributed by atoms with van der Waals surface area (Å²) in [6.45, 7) is 3.86. The van der Waals surface area contributed by atoms with Crippen molar-refractivity contribution in [3.05, 3.63) is 88.3 Å². The Balaban J connectivity index is 1.90. The van der Waals surface area contributed by atoms with Gasteiger partial charge in [-0.05, 0) is 38.1 Å². The van der Waals surface area contributed by atoms with Gasteiger partial charge in [0.15, 0.2) is 0 Å². The molecule has 0 atom stereocenters. The van der Waals surface area contributed by atoms with Crippen molar-refractivity contribution in [2.45, 2.75) is 13.8 Å². The highest BCUT2D eigenvalue weighted by molar-refractivity contribution is 7.07. The van der Waals surface area contributed by atoms with Gasteiger partial charge in [0.1, 0.15) is 11.5 Å². The van der Waals surface area contributed by atoms with Gasteiger partial charge in [0.2, 0.25) is 4.80 Å². The van der Waals surface area contributed by atoms with E-state index in [1.165, 1.54) is 29.0 Å². The van der Waals surface area contributed by atoms with E-state index in [2.05, 4.69) is 17.1 Å². The Bertz CT molecular complexity index is 1270. The molecule has 0 bridgehead atoms. The number of aryl methyl sites for hydroxylation is 1. The largest absolute Gasteiger partial charge is 0.508 e. The molecule has 0 aliphatic carbocycles. The van der Waals surface area contributed by atoms with Crippen LogP contribution in [0.25, 0.3) is 11.3 Å². The monoisotopic (exact) mass is 416 g/mol. The summed E-state index contributed by atoms with van der Waals surface area (Å²) in [5, 5.41) is 26.6. The second-order valence-corrected chi connectivity index (χ2v) is 7.63. The lowest BCUT2D eigenvalue weighted by Crippen LogP contribution is -2.13. The van der Waals surface area contributed by atoms with Crippen LogP contribution in [0.5, 0.6) is 11.5 Å². The summed E-state index contributed by atoms with van der Waals surface area (Å²) in [5.41, 5.74) is 4.93. The maximum absolute atomic E-state index is 10.2. The van der Waals surface area contributed by atoms with Crippen LogP contribution in [-0.2, 0) is 0 Å². The number of hydrogen-bond acceptors (Lipinski definition) is 6. The lowest BCUT2D eigenvalue weighted by molar-refractivity contribution is 0.450. The molecule has 0 amide bonds. The Hall–Kier alpha value is -3.71. The van der Waals surface area contributed by atoms with E-state index in [1.807, 2.05) is 43.5 Å². The predicted octanol–water partition coefficient (Wildman–Crippen LogP) is 4.84. The van der Waals surface area contributed by atoms with Crippen molar-refractivity contribution in [2.24, 2.45) is 10.1 Å². The topological polar surface area (TPSA) is 83.0 Å². The van der Waals surface area contributed by atoms with Gasteiger partial charge >= 0.3 is 0 Å². The SMILES string of the molecule is CC(=Nn1c(-c2ccc(C)cc2)csc1=Nc1cccnc1)c1ccc(O)cc1O. The van der Waals surface area contributed by atoms with E-state index < -0.39 is 0 Å². The van der Waals surface area contributed by atoms with Crippen LogP contribution in [0.3, 0.4) is 0 Å². The zero-order valence-corrected chi connectivity index (χ0v) is 17.3. The molecule has 2 aromatic heterocycles. The highest BCUT2D eigenvalue weighted by atomic mass is 32.1. The Morgan fingerprint density at radius 1 is 1.07 bits per heavy atom. The third-order valence-electron chi connectivity index (χ3n) is 4.52. The number of phenols is 2. The molecule has 30 heavy (non-hydrogen) atoms. The number of phenolic OH excluding ortho intramolecular Hbond substituents is 2. The van der Waals surface area contributed by atoms with Crippen molar-refractivity contribution in [3.63, 3.8) is 0 Å². The molecule has 0 fully saturated rings. The van der Waals surface area contributed by atoms with E-state index in [1.54, 1.807) is 23.1 Å². The zero-order chi connectivity index (χ0) is 21.1. The normalized spacial score (nSPS) is 12.3. The van der Waals surface area contributed by atoms with Crippen LogP contribution in [0.4, 0.5) is 5.69 Å². The van der Waals surface area contributed by atoms with Crippen LogP contribution in [0, 0.1) is 6.92 Å². The summed E-state index contributed by atoms with van der Waals surface area (Å²) in [6, 6.07) is 16.4. The molecule has 150 valence electrons. The minimum atomic E-state index is -0.0327. The molecule has 2 heterocycles. The summed E-state index contributed by atoms with van der Waals surface area (Å²) < 4.78 is 1.77. The van der Waals surface area contributed by atoms with Gasteiger partial charge in [-0.25, -0.2) is 9.67 Å². The van der Waals surface area contributed by atoms with Crippen LogP contribution >= 0.6 is 11.3 Å². The fraction of sp³-hybridized carbons (Fsp3) is 0.0870. The maximum atomic E-state index is 10.2. The molecule has 4 rings (SSSR count). The Labute approximate surface area is 177 Å². The number of benzene rings is 2. The Morgan fingerprint density at radius 3 is 2.57 bits per heavy atom. The van der Waals surface area contributed by atoms with Crippen molar-refractivity contribution >= 4 is 22.7 Å². The second kappa shape index (κ2) is 8.34. The lowest BCUT2D eigenvalue weighted by atomic mass is 10.1. The first-order valence-electron chi connectivity index (χ1n) is 9.31. The predicted molar refractivity (Wildman–Crippen MR) is 119 cm³/mol. The lowest BCUT2D eigenvalue weighted by Gasteiger charge is -2.08. The molecule has 0 radical (unpaired) electrons. The van der Waals surface area contributed by atoms with Crippen LogP contribution in [0.2, 0.25) is 0 Å². The molecule has 0 aliphatic heterocycles. The van der Waals surface area contributed by atoms with Gasteiger partial charge < -0.3 is 10.2 Å². The summed E-state index contributed by atoms with van der Waals surface area (Å²) in [4.78, 5) is 9.50. The van der Waals surface area contributed by atoms with E-state index in [0.29, 0.717) is 16.1 Å². The van der Waals surface area contributed by atoms with Crippen LogP contribution in [0.1, 0.15) is 18.1 Å². The van der Waals surface area contributed by atoms with E-state index in [9.17, 15) is 10.2 Å². The van der Waals surface area contributed by atoms with Gasteiger partial charge in [0.25, 0.3) is 0 Å². The number of nitrogens with zero attached hydrogens (tertiary/aromatic N) is 4. The van der Waals surface area contributed by atoms with Gasteiger partial charge in [-0.2, -0.15) is 5.10 Å². The van der Waals surface area contributed by atoms with Gasteiger partial charge in [0, 0.05) is 28.8 Å². The molecule has 7 heteroatoms. The van der Waals surface area contributed by atoms with Crippen molar-refractivity contribution in [2.75, 3.05) is 0 Å². The van der Waals surface area contributed by atoms with Crippen LogP contribution in [-0.4, -0.2) is 25.6 Å². The number of pyridine rings is 1. The fourth-order valence-corrected chi connectivity index (χ4v) is 3.81. The van der Waals surface area contributed by atoms with E-state index in [4.69, 9.17) is 10.1 Å². The van der Waals surface area contributed by atoms with Crippen LogP contribution in [0.15, 0.2) is 82.5 Å². The number of hydrogen-bond donors (Lipinski definition) is 2. The molecule has 0 saturated heterocycles. The summed E-state index contributed by atoms with van der Waals surface area (Å²) >= 11 is 1.47. The summed E-state index contributed by atoms with van der Waals surface area (Å²) in [6.07, 6.45) is 3.40. The summed E-state index contributed by atoms with van der Waals surface area (Å²) in [7, 11) is 0. The molecule has 0 unspecified atom stereocenters. The van der Waals surface area contributed by atoms with Gasteiger partial charge in [-0.15, -0.1) is 11.3 Å². The number of aromatic nitrogens is 2. The number of aromatic hydroxyl groups is 2. The third-order valence-corrected chi connectivity index (χ3v) is 5.34. The molecule has 0 saturated carbocycles. The van der Waals surface area contributed by atoms with Crippen molar-refractivity contribution in [1.82, 2.24) is 9.66 Å². The third kappa shape index (κ3) is 4.16. The molecule has 2 N–H and O–H groups in total. The van der Waals surface area contributed by atoms with Gasteiger partial charge in [0.05, 0.1) is 23.3 Å². The summed E-state index contributed by atoms with van der Waals surface area (Å²) in [5.74, 6) is -0.0328. The van der Waals surface area contributed by atoms with Gasteiger partial charge in [-0.1, -0.05) is 29.8 Å². The highest BCUT2D eigenvalue weighted by Gasteiger charge is 2.11. The van der Waals surface area contributed by atoms with E-state index in [0.717, 1.165) is 16.9 Å². The van der Waals surface area contributed by atoms with E-state index >= 15 is 0 Å². The first-order chi connectivity index (χ1) is 14.5. The van der Waals surface area contributed by atoms with Crippen molar-refractivity contribution < 1.29 is 10.2 Å². The minimum Gasteiger partial charge on any atom is -0.508 e. The highest BCUT2D eigenvalue weighted by Crippen LogP contribution is 2.25. The molecule has 0 spiro atoms. The Kier molecular flexibility index (Phi) is 5.45. The quantitative estimate of drug-likeness (QED) is 0.467. The standard InChI is InChI=1S/C23H20N4O2S/c1-15-5-7-17(8-6-15)21-14-30-23(25-18-4-3-11-24-13-18)27(21)26-16(2)20-10-9-19(28)12-22(20)29/h3-14,28-29H,1-2H3. The average Bonchev–Trinajstić information content (AvgIpc) is 3.11. The number of thiazole rings is 1. The average molecular weight is 417 g/mol.